The highest BCUT2D eigenvalue weighted by Gasteiger charge is 2.49. The molecule has 1 aliphatic carbocycles. The molecule has 2 heterocycles. The number of nitrogens with one attached hydrogen (secondary N) is 2. The van der Waals surface area contributed by atoms with Crippen LogP contribution in [0, 0.1) is 0 Å². The summed E-state index contributed by atoms with van der Waals surface area (Å²) in [6.07, 6.45) is 9.51. The maximum Gasteiger partial charge on any atom is 0.325 e. The zero-order valence-electron chi connectivity index (χ0n) is 20.6. The number of fused-ring (bicyclic) bond motifs is 1. The number of hydrogen-bond acceptors (Lipinski definition) is 4. The second-order valence-electron chi connectivity index (χ2n) is 10.6. The quantitative estimate of drug-likeness (QED) is 0.620. The molecule has 2 saturated heterocycles. The van der Waals surface area contributed by atoms with Gasteiger partial charge in [0.15, 0.2) is 0 Å². The van der Waals surface area contributed by atoms with Gasteiger partial charge in [0.2, 0.25) is 5.91 Å². The summed E-state index contributed by atoms with van der Waals surface area (Å²) in [6, 6.07) is 13.1. The van der Waals surface area contributed by atoms with E-state index < -0.39 is 17.5 Å². The van der Waals surface area contributed by atoms with Gasteiger partial charge in [-0.25, -0.2) is 4.79 Å². The lowest BCUT2D eigenvalue weighted by Gasteiger charge is -2.48. The summed E-state index contributed by atoms with van der Waals surface area (Å²) in [5.74, 6) is -0.672. The Morgan fingerprint density at radius 3 is 2.37 bits per heavy atom. The lowest BCUT2D eigenvalue weighted by atomic mass is 9.79. The molecule has 7 heteroatoms. The number of amides is 4. The first-order chi connectivity index (χ1) is 16.9. The molecule has 1 saturated carbocycles. The van der Waals surface area contributed by atoms with Gasteiger partial charge < -0.3 is 10.6 Å². The van der Waals surface area contributed by atoms with Crippen LogP contribution in [0.5, 0.6) is 0 Å². The third-order valence-corrected chi connectivity index (χ3v) is 8.33. The highest BCUT2D eigenvalue weighted by molar-refractivity contribution is 6.09. The molecule has 1 unspecified atom stereocenters. The topological polar surface area (TPSA) is 81.8 Å². The lowest BCUT2D eigenvalue weighted by molar-refractivity contribution is -0.135. The van der Waals surface area contributed by atoms with Crippen molar-refractivity contribution in [1.29, 1.82) is 0 Å². The Hall–Kier alpha value is -2.93. The summed E-state index contributed by atoms with van der Waals surface area (Å²) in [6.45, 7) is 4.21. The predicted molar refractivity (Wildman–Crippen MR) is 136 cm³/mol. The van der Waals surface area contributed by atoms with Crippen molar-refractivity contribution in [2.24, 2.45) is 0 Å². The van der Waals surface area contributed by atoms with Crippen LogP contribution in [0.3, 0.4) is 0 Å². The zero-order chi connectivity index (χ0) is 24.5. The van der Waals surface area contributed by atoms with E-state index in [9.17, 15) is 14.4 Å². The molecule has 0 aromatic heterocycles. The van der Waals surface area contributed by atoms with E-state index in [0.29, 0.717) is 12.1 Å². The number of likely N-dealkylation sites (tertiary alicyclic amines) is 1. The Kier molecular flexibility index (Phi) is 6.53. The molecular weight excluding hydrogens is 440 g/mol. The standard InChI is InChI=1S/C28H36N4O3/c1-27(23-13-12-21-10-4-5-11-22(21)18-23)25(34)32(26(35)30-27)19-24(33)29-20-28(14-6-2-7-15-28)31-16-8-3-9-17-31/h4-5,10-13,18H,2-3,6-9,14-17,19-20H2,1H3,(H,29,33)(H,30,35). The van der Waals surface area contributed by atoms with Gasteiger partial charge in [-0.2, -0.15) is 0 Å². The van der Waals surface area contributed by atoms with Crippen molar-refractivity contribution in [2.45, 2.75) is 69.4 Å². The minimum absolute atomic E-state index is 0.00518. The van der Waals surface area contributed by atoms with Gasteiger partial charge in [0.05, 0.1) is 0 Å². The van der Waals surface area contributed by atoms with Crippen LogP contribution in [-0.4, -0.2) is 59.4 Å². The first-order valence-corrected chi connectivity index (χ1v) is 13.1. The van der Waals surface area contributed by atoms with Gasteiger partial charge in [-0.3, -0.25) is 19.4 Å². The smallest absolute Gasteiger partial charge is 0.325 e. The van der Waals surface area contributed by atoms with Crippen molar-refractivity contribution in [3.05, 3.63) is 48.0 Å². The SMILES string of the molecule is CC1(c2ccc3ccccc3c2)NC(=O)N(CC(=O)NCC2(N3CCCCC3)CCCCC2)C1=O. The number of carbonyl (C=O) groups excluding carboxylic acids is 3. The van der Waals surface area contributed by atoms with Crippen LogP contribution in [0.2, 0.25) is 0 Å². The molecule has 0 radical (unpaired) electrons. The van der Waals surface area contributed by atoms with Crippen LogP contribution >= 0.6 is 0 Å². The van der Waals surface area contributed by atoms with Crippen molar-refractivity contribution in [3.8, 4) is 0 Å². The van der Waals surface area contributed by atoms with Gasteiger partial charge in [0.25, 0.3) is 5.91 Å². The predicted octanol–water partition coefficient (Wildman–Crippen LogP) is 3.91. The van der Waals surface area contributed by atoms with Crippen LogP contribution in [0.1, 0.15) is 63.9 Å². The van der Waals surface area contributed by atoms with Gasteiger partial charge in [-0.1, -0.05) is 62.1 Å². The fourth-order valence-electron chi connectivity index (χ4n) is 6.18. The molecule has 3 aliphatic rings. The number of nitrogens with zero attached hydrogens (tertiary/aromatic N) is 2. The van der Waals surface area contributed by atoms with Crippen molar-refractivity contribution in [2.75, 3.05) is 26.2 Å². The number of urea groups is 1. The van der Waals surface area contributed by atoms with E-state index in [1.54, 1.807) is 6.92 Å². The Balaban J connectivity index is 1.26. The van der Waals surface area contributed by atoms with Gasteiger partial charge in [0.1, 0.15) is 12.1 Å². The number of benzene rings is 2. The van der Waals surface area contributed by atoms with Crippen LogP contribution < -0.4 is 10.6 Å². The van der Waals surface area contributed by atoms with E-state index in [1.165, 1.54) is 38.5 Å². The number of carbonyl (C=O) groups is 3. The summed E-state index contributed by atoms with van der Waals surface area (Å²) >= 11 is 0. The van der Waals surface area contributed by atoms with E-state index in [0.717, 1.165) is 41.6 Å². The molecule has 7 nitrogen and oxygen atoms in total. The second-order valence-corrected chi connectivity index (χ2v) is 10.6. The normalized spacial score (nSPS) is 25.0. The van der Waals surface area contributed by atoms with E-state index in [1.807, 2.05) is 42.5 Å². The molecular formula is C28H36N4O3. The van der Waals surface area contributed by atoms with Crippen LogP contribution in [0.15, 0.2) is 42.5 Å². The highest BCUT2D eigenvalue weighted by Crippen LogP contribution is 2.35. The molecule has 5 rings (SSSR count). The lowest BCUT2D eigenvalue weighted by Crippen LogP contribution is -2.58. The summed E-state index contributed by atoms with van der Waals surface area (Å²) in [5, 5.41) is 7.99. The largest absolute Gasteiger partial charge is 0.353 e. The van der Waals surface area contributed by atoms with Crippen LogP contribution in [0.25, 0.3) is 10.8 Å². The van der Waals surface area contributed by atoms with Crippen LogP contribution in [0.4, 0.5) is 4.79 Å². The van der Waals surface area contributed by atoms with Gasteiger partial charge in [0, 0.05) is 12.1 Å². The Morgan fingerprint density at radius 1 is 0.943 bits per heavy atom. The maximum absolute atomic E-state index is 13.4. The summed E-state index contributed by atoms with van der Waals surface area (Å²) in [4.78, 5) is 42.8. The summed E-state index contributed by atoms with van der Waals surface area (Å²) in [7, 11) is 0. The molecule has 0 bridgehead atoms. The Morgan fingerprint density at radius 2 is 1.63 bits per heavy atom. The monoisotopic (exact) mass is 476 g/mol. The van der Waals surface area contributed by atoms with Gasteiger partial charge in [-0.15, -0.1) is 0 Å². The third kappa shape index (κ3) is 4.54. The number of rotatable bonds is 6. The number of imide groups is 1. The molecule has 35 heavy (non-hydrogen) atoms. The first kappa shape index (κ1) is 23.8. The molecule has 2 aromatic rings. The highest BCUT2D eigenvalue weighted by atomic mass is 16.2. The van der Waals surface area contributed by atoms with E-state index in [-0.39, 0.29) is 18.0 Å². The molecule has 186 valence electrons. The molecule has 2 N–H and O–H groups in total. The van der Waals surface area contributed by atoms with E-state index in [2.05, 4.69) is 15.5 Å². The molecule has 0 spiro atoms. The van der Waals surface area contributed by atoms with E-state index >= 15 is 0 Å². The van der Waals surface area contributed by atoms with Crippen molar-refractivity contribution < 1.29 is 14.4 Å². The molecule has 1 atom stereocenters. The zero-order valence-corrected chi connectivity index (χ0v) is 20.6. The molecule has 3 fully saturated rings. The fourth-order valence-corrected chi connectivity index (χ4v) is 6.18. The second kappa shape index (κ2) is 9.61. The van der Waals surface area contributed by atoms with Crippen molar-refractivity contribution in [3.63, 3.8) is 0 Å². The van der Waals surface area contributed by atoms with Crippen molar-refractivity contribution >= 4 is 28.6 Å². The van der Waals surface area contributed by atoms with Crippen LogP contribution in [-0.2, 0) is 15.1 Å². The average Bonchev–Trinajstić information content (AvgIpc) is 3.12. The molecule has 2 aliphatic heterocycles. The number of piperidine rings is 1. The minimum Gasteiger partial charge on any atom is -0.353 e. The van der Waals surface area contributed by atoms with Gasteiger partial charge in [-0.05, 0) is 68.1 Å². The van der Waals surface area contributed by atoms with Crippen molar-refractivity contribution in [1.82, 2.24) is 20.4 Å². The van der Waals surface area contributed by atoms with Gasteiger partial charge >= 0.3 is 6.03 Å². The Labute approximate surface area is 207 Å². The minimum atomic E-state index is -1.19. The van der Waals surface area contributed by atoms with E-state index in [4.69, 9.17) is 0 Å². The molecule has 4 amide bonds. The third-order valence-electron chi connectivity index (χ3n) is 8.33. The summed E-state index contributed by atoms with van der Waals surface area (Å²) < 4.78 is 0. The number of hydrogen-bond donors (Lipinski definition) is 2. The molecule has 2 aromatic carbocycles. The summed E-state index contributed by atoms with van der Waals surface area (Å²) in [5.41, 5.74) is -0.478. The average molecular weight is 477 g/mol. The maximum atomic E-state index is 13.4. The fraction of sp³-hybridized carbons (Fsp3) is 0.536. The first-order valence-electron chi connectivity index (χ1n) is 13.1. The Bertz CT molecular complexity index is 1120.